The molecule has 1 aliphatic heterocycles. The first-order valence-corrected chi connectivity index (χ1v) is 16.8. The number of hydrogen-bond acceptors (Lipinski definition) is 2. The Bertz CT molecular complexity index is 2420. The van der Waals surface area contributed by atoms with Gasteiger partial charge in [-0.25, -0.2) is 0 Å². The van der Waals surface area contributed by atoms with Gasteiger partial charge in [-0.1, -0.05) is 152 Å². The topological polar surface area (TPSA) is 29.0 Å². The van der Waals surface area contributed by atoms with Crippen molar-refractivity contribution in [3.05, 3.63) is 209 Å². The summed E-state index contributed by atoms with van der Waals surface area (Å²) < 4.78 is 2.49. The lowest BCUT2D eigenvalue weighted by Gasteiger charge is -2.37. The molecule has 2 N–H and O–H groups in total. The highest BCUT2D eigenvalue weighted by Crippen LogP contribution is 2.57. The van der Waals surface area contributed by atoms with Crippen LogP contribution in [0.1, 0.15) is 45.7 Å². The molecule has 228 valence electrons. The van der Waals surface area contributed by atoms with Gasteiger partial charge < -0.3 is 9.88 Å². The fourth-order valence-corrected chi connectivity index (χ4v) is 8.59. The van der Waals surface area contributed by atoms with E-state index in [0.717, 1.165) is 5.69 Å². The third-order valence-corrected chi connectivity index (χ3v) is 10.6. The lowest BCUT2D eigenvalue weighted by Crippen LogP contribution is -2.40. The van der Waals surface area contributed by atoms with E-state index in [9.17, 15) is 0 Å². The maximum absolute atomic E-state index is 4.03. The van der Waals surface area contributed by atoms with Crippen LogP contribution in [0.25, 0.3) is 32.9 Å². The molecule has 0 saturated heterocycles. The summed E-state index contributed by atoms with van der Waals surface area (Å²) in [5.41, 5.74) is 13.4. The molecule has 2 aliphatic rings. The van der Waals surface area contributed by atoms with Gasteiger partial charge >= 0.3 is 0 Å². The van der Waals surface area contributed by atoms with Gasteiger partial charge in [0.1, 0.15) is 0 Å². The number of benzene rings is 7. The Morgan fingerprint density at radius 2 is 1.10 bits per heavy atom. The molecule has 3 nitrogen and oxygen atoms in total. The number of nitrogens with one attached hydrogen (secondary N) is 2. The van der Waals surface area contributed by atoms with Crippen molar-refractivity contribution in [3.63, 3.8) is 0 Å². The van der Waals surface area contributed by atoms with E-state index in [1.165, 1.54) is 66.3 Å². The van der Waals surface area contributed by atoms with Gasteiger partial charge in [0.05, 0.1) is 22.5 Å². The summed E-state index contributed by atoms with van der Waals surface area (Å²) >= 11 is 0. The zero-order valence-corrected chi connectivity index (χ0v) is 26.3. The maximum atomic E-state index is 4.03. The van der Waals surface area contributed by atoms with Gasteiger partial charge in [0, 0.05) is 16.5 Å². The van der Waals surface area contributed by atoms with Gasteiger partial charge in [-0.2, -0.15) is 0 Å². The van der Waals surface area contributed by atoms with Gasteiger partial charge in [0.25, 0.3) is 0 Å². The van der Waals surface area contributed by atoms with Crippen molar-refractivity contribution in [2.45, 2.75) is 17.7 Å². The summed E-state index contributed by atoms with van der Waals surface area (Å²) in [5.74, 6) is 0. The third-order valence-electron chi connectivity index (χ3n) is 10.6. The first-order chi connectivity index (χ1) is 23.8. The van der Waals surface area contributed by atoms with E-state index >= 15 is 0 Å². The molecule has 2 atom stereocenters. The van der Waals surface area contributed by atoms with Crippen LogP contribution < -0.4 is 10.6 Å². The second-order valence-corrected chi connectivity index (χ2v) is 13.0. The van der Waals surface area contributed by atoms with Gasteiger partial charge in [0.2, 0.25) is 0 Å². The van der Waals surface area contributed by atoms with Crippen molar-refractivity contribution >= 4 is 27.5 Å². The predicted molar refractivity (Wildman–Crippen MR) is 197 cm³/mol. The quantitative estimate of drug-likeness (QED) is 0.206. The van der Waals surface area contributed by atoms with Crippen LogP contribution in [0, 0.1) is 0 Å². The van der Waals surface area contributed by atoms with E-state index in [2.05, 4.69) is 191 Å². The number of hydrogen-bond donors (Lipinski definition) is 2. The van der Waals surface area contributed by atoms with Crippen molar-refractivity contribution < 1.29 is 0 Å². The van der Waals surface area contributed by atoms with E-state index in [-0.39, 0.29) is 12.3 Å². The smallest absolute Gasteiger partial charge is 0.160 e. The molecule has 1 aliphatic carbocycles. The van der Waals surface area contributed by atoms with E-state index in [1.807, 2.05) is 0 Å². The Hall–Kier alpha value is -5.90. The number of fused-ring (bicyclic) bond motifs is 7. The van der Waals surface area contributed by atoms with Crippen LogP contribution in [0.15, 0.2) is 176 Å². The largest absolute Gasteiger partial charge is 0.352 e. The minimum Gasteiger partial charge on any atom is -0.352 e. The first kappa shape index (κ1) is 27.2. The normalized spacial score (nSPS) is 17.4. The molecule has 10 rings (SSSR count). The van der Waals surface area contributed by atoms with Crippen molar-refractivity contribution in [1.82, 2.24) is 9.88 Å². The summed E-state index contributed by atoms with van der Waals surface area (Å²) in [5, 5.41) is 10.4. The van der Waals surface area contributed by atoms with Gasteiger partial charge in [-0.15, -0.1) is 0 Å². The Balaban J connectivity index is 1.28. The Kier molecular flexibility index (Phi) is 5.99. The molecule has 7 aromatic carbocycles. The van der Waals surface area contributed by atoms with Crippen LogP contribution in [0.2, 0.25) is 0 Å². The van der Waals surface area contributed by atoms with E-state index in [0.29, 0.717) is 0 Å². The zero-order chi connectivity index (χ0) is 31.7. The Morgan fingerprint density at radius 1 is 0.479 bits per heavy atom. The average Bonchev–Trinajstić information content (AvgIpc) is 3.64. The Morgan fingerprint density at radius 3 is 1.88 bits per heavy atom. The standard InChI is InChI=1S/C45H33N3/c1-4-16-30(17-5-1)43-35-24-11-14-26-40(35)46-44(47-43)48-41-27-15-12-23-34(41)37-28-36-33-22-10-13-25-38(33)45(39(36)29-42(37)48,31-18-6-2-7-19-31)32-20-8-3-9-21-32/h1-29,43-44,46-47H. The molecule has 2 unspecified atom stereocenters. The monoisotopic (exact) mass is 615 g/mol. The van der Waals surface area contributed by atoms with Crippen LogP contribution in [-0.2, 0) is 5.41 Å². The van der Waals surface area contributed by atoms with E-state index < -0.39 is 5.41 Å². The van der Waals surface area contributed by atoms with Crippen LogP contribution in [0.5, 0.6) is 0 Å². The lowest BCUT2D eigenvalue weighted by atomic mass is 9.67. The maximum Gasteiger partial charge on any atom is 0.160 e. The summed E-state index contributed by atoms with van der Waals surface area (Å²) in [6.07, 6.45) is -0.183. The molecular formula is C45H33N3. The second kappa shape index (κ2) is 10.6. The van der Waals surface area contributed by atoms with Crippen molar-refractivity contribution in [1.29, 1.82) is 0 Å². The van der Waals surface area contributed by atoms with Crippen LogP contribution >= 0.6 is 0 Å². The van der Waals surface area contributed by atoms with Gasteiger partial charge in [-0.3, -0.25) is 5.32 Å². The molecule has 0 amide bonds. The molecule has 48 heavy (non-hydrogen) atoms. The molecule has 0 spiro atoms. The summed E-state index contributed by atoms with van der Waals surface area (Å²) in [6, 6.07) is 64.4. The molecule has 0 saturated carbocycles. The number of para-hydroxylation sites is 2. The zero-order valence-electron chi connectivity index (χ0n) is 26.3. The number of anilines is 1. The highest BCUT2D eigenvalue weighted by molar-refractivity contribution is 6.11. The highest BCUT2D eigenvalue weighted by Gasteiger charge is 2.46. The molecule has 8 aromatic rings. The van der Waals surface area contributed by atoms with Crippen molar-refractivity contribution in [2.24, 2.45) is 0 Å². The highest BCUT2D eigenvalue weighted by atomic mass is 15.3. The SMILES string of the molecule is c1ccc(C2NC(n3c4ccccc4c4cc5c(cc43)C(c3ccccc3)(c3ccccc3)c3ccccc3-5)Nc3ccccc32)cc1. The third kappa shape index (κ3) is 3.79. The average molecular weight is 616 g/mol. The number of rotatable bonds is 4. The van der Waals surface area contributed by atoms with Crippen molar-refractivity contribution in [2.75, 3.05) is 5.32 Å². The summed E-state index contributed by atoms with van der Waals surface area (Å²) in [4.78, 5) is 0. The van der Waals surface area contributed by atoms with Crippen LogP contribution in [0.4, 0.5) is 5.69 Å². The second-order valence-electron chi connectivity index (χ2n) is 13.0. The number of nitrogens with zero attached hydrogens (tertiary/aromatic N) is 1. The van der Waals surface area contributed by atoms with Crippen LogP contribution in [0.3, 0.4) is 0 Å². The fourth-order valence-electron chi connectivity index (χ4n) is 8.59. The number of aromatic nitrogens is 1. The van der Waals surface area contributed by atoms with Gasteiger partial charge in [-0.05, 0) is 68.8 Å². The Labute approximate surface area is 280 Å². The van der Waals surface area contributed by atoms with Crippen molar-refractivity contribution in [3.8, 4) is 11.1 Å². The molecule has 0 fully saturated rings. The summed E-state index contributed by atoms with van der Waals surface area (Å²) in [6.45, 7) is 0. The predicted octanol–water partition coefficient (Wildman–Crippen LogP) is 10.4. The summed E-state index contributed by atoms with van der Waals surface area (Å²) in [7, 11) is 0. The molecule has 1 aromatic heterocycles. The molecular weight excluding hydrogens is 583 g/mol. The fraction of sp³-hybridized carbons (Fsp3) is 0.0667. The van der Waals surface area contributed by atoms with E-state index in [4.69, 9.17) is 0 Å². The molecule has 3 heteroatoms. The first-order valence-electron chi connectivity index (χ1n) is 16.8. The van der Waals surface area contributed by atoms with E-state index in [1.54, 1.807) is 0 Å². The minimum absolute atomic E-state index is 0.0382. The molecule has 0 bridgehead atoms. The minimum atomic E-state index is -0.462. The molecule has 2 heterocycles. The van der Waals surface area contributed by atoms with Crippen LogP contribution in [-0.4, -0.2) is 4.57 Å². The molecule has 0 radical (unpaired) electrons. The lowest BCUT2D eigenvalue weighted by molar-refractivity contribution is 0.417. The van der Waals surface area contributed by atoms with Gasteiger partial charge in [0.15, 0.2) is 6.29 Å².